The van der Waals surface area contributed by atoms with Crippen LogP contribution in [0.1, 0.15) is 126 Å². The second-order valence-corrected chi connectivity index (χ2v) is 30.9. The van der Waals surface area contributed by atoms with Gasteiger partial charge >= 0.3 is 0 Å². The van der Waals surface area contributed by atoms with Crippen LogP contribution >= 0.6 is 0 Å². The van der Waals surface area contributed by atoms with Crippen molar-refractivity contribution in [2.75, 3.05) is 141 Å². The van der Waals surface area contributed by atoms with Crippen molar-refractivity contribution in [1.29, 1.82) is 10.5 Å². The summed E-state index contributed by atoms with van der Waals surface area (Å²) in [6.07, 6.45) is 21.2. The van der Waals surface area contributed by atoms with Crippen LogP contribution in [0.25, 0.3) is 22.1 Å². The fraction of sp³-hybridized carbons (Fsp3) is 0.494. The first-order valence-electron chi connectivity index (χ1n) is 37.8. The van der Waals surface area contributed by atoms with E-state index in [1.807, 2.05) is 37.2 Å². The molecule has 33 heteroatoms. The fourth-order valence-corrected chi connectivity index (χ4v) is 15.4. The van der Waals surface area contributed by atoms with Gasteiger partial charge in [-0.2, -0.15) is 15.5 Å². The van der Waals surface area contributed by atoms with Gasteiger partial charge in [0.15, 0.2) is 17.5 Å². The van der Waals surface area contributed by atoms with Crippen LogP contribution < -0.4 is 42.2 Å². The van der Waals surface area contributed by atoms with Crippen LogP contribution in [0.4, 0.5) is 67.7 Å². The number of non-ortho nitro benzene ring substituents is 2. The standard InChI is InChI=1S/C26H30FN7O.C14H14N4O2S.C13H18FN3O2.C13H20FN3.C7H16N2.C6H3F2NO2/c1-32(2)20-9-11-33(12-10-20)23-8-7-19(14-22(23)27)30-26-29-16-18-13-17(15-28)25(35)34(24(18)31-26)21-5-3-4-6-21;1-21(20)14-16-8-10-6-9(7-15)13(19)18(12(10)17-14)11-4-2-3-5-11;1-15(2)10-5-7-16(8-6-10)13-4-3-11(17(18)19)9-12(13)14;1-16(2)11-5-7-17(8-6-11)13-4-3-10(15)9-12(13)14;1-9(2)7-3-5-8-6-4-7;7-5-2-1-4(9(10)11)3-6(5)8/h7-8,13-14,16,20-21H,3-6,9-12H2,1-2H3,(H,29,30,31);6,8,11H,2-5H2,1H3;3-4,9-10H,5-8H2,1-2H3;3-4,9,11H,5-8,15H2,1-2H3;7-8H,3-6H2,1-2H3;1-3H. The van der Waals surface area contributed by atoms with E-state index in [0.29, 0.717) is 80.8 Å². The van der Waals surface area contributed by atoms with Gasteiger partial charge in [-0.15, -0.1) is 0 Å². The molecule has 0 amide bonds. The molecule has 0 bridgehead atoms. The summed E-state index contributed by atoms with van der Waals surface area (Å²) < 4.78 is 81.9. The normalized spacial score (nSPS) is 16.9. The molecule has 6 fully saturated rings. The Morgan fingerprint density at radius 3 is 1.28 bits per heavy atom. The predicted molar refractivity (Wildman–Crippen MR) is 427 cm³/mol. The summed E-state index contributed by atoms with van der Waals surface area (Å²) in [7, 11) is 15.5. The first-order chi connectivity index (χ1) is 53.5. The van der Waals surface area contributed by atoms with Gasteiger partial charge in [-0.3, -0.25) is 43.2 Å². The predicted octanol–water partition coefficient (Wildman–Crippen LogP) is 12.1. The second kappa shape index (κ2) is 40.3. The van der Waals surface area contributed by atoms with Crippen LogP contribution in [0, 0.1) is 72.0 Å². The molecule has 8 heterocycles. The molecule has 4 aromatic heterocycles. The van der Waals surface area contributed by atoms with Gasteiger partial charge in [0.05, 0.1) is 49.8 Å². The molecule has 4 saturated heterocycles. The number of benzene rings is 4. The highest BCUT2D eigenvalue weighted by Crippen LogP contribution is 2.35. The second-order valence-electron chi connectivity index (χ2n) is 29.7. The van der Waals surface area contributed by atoms with Crippen molar-refractivity contribution in [3.05, 3.63) is 178 Å². The number of hydrogen-bond donors (Lipinski definition) is 3. The van der Waals surface area contributed by atoms with Crippen LogP contribution in [0.3, 0.4) is 0 Å². The van der Waals surface area contributed by atoms with Gasteiger partial charge in [0.1, 0.15) is 46.2 Å². The monoisotopic (exact) mass is 1570 g/mol. The number of nitrogens with one attached hydrogen (secondary N) is 2. The van der Waals surface area contributed by atoms with E-state index in [-0.39, 0.29) is 62.8 Å². The number of nitriles is 2. The number of nitro groups is 2. The zero-order valence-electron chi connectivity index (χ0n) is 65.0. The van der Waals surface area contributed by atoms with Gasteiger partial charge < -0.3 is 50.7 Å². The Kier molecular flexibility index (Phi) is 30.9. The van der Waals surface area contributed by atoms with Gasteiger partial charge in [0, 0.05) is 128 Å². The minimum Gasteiger partial charge on any atom is -0.399 e. The maximum Gasteiger partial charge on any atom is 0.272 e. The average Bonchev–Trinajstić information content (AvgIpc) is 1.26. The van der Waals surface area contributed by atoms with Gasteiger partial charge in [-0.25, -0.2) is 36.9 Å². The molecule has 1 atom stereocenters. The summed E-state index contributed by atoms with van der Waals surface area (Å²) in [6, 6.07) is 25.6. The van der Waals surface area contributed by atoms with E-state index < -0.39 is 43.8 Å². The Bertz CT molecular complexity index is 4790. The van der Waals surface area contributed by atoms with E-state index in [1.165, 1.54) is 68.7 Å². The molecule has 1 unspecified atom stereocenters. The molecule has 0 spiro atoms. The quantitative estimate of drug-likeness (QED) is 0.0299. The van der Waals surface area contributed by atoms with Crippen LogP contribution in [0.5, 0.6) is 0 Å². The number of nitrogen functional groups attached to an aromatic ring is 1. The molecular formula is C79H101F5N20O7S. The third-order valence-corrected chi connectivity index (χ3v) is 22.2. The Hall–Kier alpha value is -10.2. The number of aromatic nitrogens is 6. The molecular weight excluding hydrogens is 1470 g/mol. The SMILES string of the molecule is CN(C)C1CCN(c2ccc(N)cc2F)CC1.CN(C)C1CCN(c2ccc(Nc3ncc4cc(C#N)c(=O)n(C5CCCC5)c4n3)cc2F)CC1.CN(C)C1CCN(c2ccc([N+](=O)[O-])cc2F)CC1.CN(C)C1CCNCC1.CS(=O)c1ncc2cc(C#N)c(=O)n(C3CCCC3)c2n1.O=[N+]([O-])c1ccc(F)c(F)c1. The lowest BCUT2D eigenvalue weighted by Gasteiger charge is -2.36. The maximum absolute atomic E-state index is 15.0. The lowest BCUT2D eigenvalue weighted by atomic mass is 10.0. The van der Waals surface area contributed by atoms with E-state index in [4.69, 9.17) is 11.0 Å². The molecule has 14 rings (SSSR count). The third kappa shape index (κ3) is 22.6. The summed E-state index contributed by atoms with van der Waals surface area (Å²) in [6.45, 7) is 7.40. The summed E-state index contributed by atoms with van der Waals surface area (Å²) >= 11 is 0. The lowest BCUT2D eigenvalue weighted by molar-refractivity contribution is -0.385. The van der Waals surface area contributed by atoms with Crippen molar-refractivity contribution in [3.63, 3.8) is 0 Å². The largest absolute Gasteiger partial charge is 0.399 e. The third-order valence-electron chi connectivity index (χ3n) is 21.5. The van der Waals surface area contributed by atoms with Crippen molar-refractivity contribution in [2.45, 2.75) is 144 Å². The summed E-state index contributed by atoms with van der Waals surface area (Å²) in [5, 5.41) is 47.0. The summed E-state index contributed by atoms with van der Waals surface area (Å²) in [5.74, 6) is -3.03. The van der Waals surface area contributed by atoms with Crippen molar-refractivity contribution in [2.24, 2.45) is 0 Å². The lowest BCUT2D eigenvalue weighted by Crippen LogP contribution is -2.42. The number of nitrogens with two attached hydrogens (primary N) is 1. The van der Waals surface area contributed by atoms with Crippen molar-refractivity contribution >= 4 is 78.6 Å². The average molecular weight is 1570 g/mol. The van der Waals surface area contributed by atoms with Gasteiger partial charge in [0.25, 0.3) is 22.5 Å². The Morgan fingerprint density at radius 1 is 0.509 bits per heavy atom. The minimum atomic E-state index is -1.31. The van der Waals surface area contributed by atoms with Crippen LogP contribution in [-0.2, 0) is 10.8 Å². The molecule has 600 valence electrons. The molecule has 4 aromatic carbocycles. The number of anilines is 6. The van der Waals surface area contributed by atoms with Gasteiger partial charge in [0.2, 0.25) is 11.1 Å². The van der Waals surface area contributed by atoms with Crippen molar-refractivity contribution in [3.8, 4) is 12.1 Å². The van der Waals surface area contributed by atoms with E-state index in [0.717, 1.165) is 147 Å². The topological polar surface area (TPSA) is 319 Å². The molecule has 6 aliphatic rings. The highest BCUT2D eigenvalue weighted by molar-refractivity contribution is 7.84. The van der Waals surface area contributed by atoms with Crippen LogP contribution in [-0.4, -0.2) is 202 Å². The number of pyridine rings is 2. The maximum atomic E-state index is 15.0. The molecule has 0 radical (unpaired) electrons. The number of halogens is 5. The van der Waals surface area contributed by atoms with E-state index in [9.17, 15) is 56.9 Å². The zero-order chi connectivity index (χ0) is 81.0. The van der Waals surface area contributed by atoms with Crippen molar-refractivity contribution in [1.82, 2.24) is 54.0 Å². The fourth-order valence-electron chi connectivity index (χ4n) is 15.0. The van der Waals surface area contributed by atoms with E-state index in [1.54, 1.807) is 39.6 Å². The highest BCUT2D eigenvalue weighted by atomic mass is 32.2. The first kappa shape index (κ1) is 85.8. The van der Waals surface area contributed by atoms with Gasteiger partial charge in [-0.1, -0.05) is 25.7 Å². The van der Waals surface area contributed by atoms with Crippen LogP contribution in [0.2, 0.25) is 0 Å². The number of nitrogens with zero attached hydrogens (tertiary/aromatic N) is 17. The first-order valence-corrected chi connectivity index (χ1v) is 39.3. The van der Waals surface area contributed by atoms with E-state index >= 15 is 4.39 Å². The van der Waals surface area contributed by atoms with Crippen LogP contribution in [0.15, 0.2) is 112 Å². The molecule has 2 aliphatic carbocycles. The molecule has 2 saturated carbocycles. The molecule has 4 N–H and O–H groups in total. The molecule has 8 aromatic rings. The smallest absolute Gasteiger partial charge is 0.272 e. The molecule has 27 nitrogen and oxygen atoms in total. The molecule has 4 aliphatic heterocycles. The number of hydrogen-bond acceptors (Lipinski definition) is 23. The van der Waals surface area contributed by atoms with E-state index in [2.05, 4.69) is 102 Å². The Morgan fingerprint density at radius 2 is 0.893 bits per heavy atom. The Balaban J connectivity index is 0.000000163. The Labute approximate surface area is 651 Å². The van der Waals surface area contributed by atoms with Gasteiger partial charge in [-0.05, 0) is 207 Å². The summed E-state index contributed by atoms with van der Waals surface area (Å²) in [5.41, 5.74) is 8.20. The minimum absolute atomic E-state index is 0.0226. The number of nitro benzene ring substituents is 2. The van der Waals surface area contributed by atoms with Crippen molar-refractivity contribution < 1.29 is 36.0 Å². The number of fused-ring (bicyclic) bond motifs is 2. The molecule has 112 heavy (non-hydrogen) atoms. The number of rotatable bonds is 14. The highest BCUT2D eigenvalue weighted by Gasteiger charge is 2.29. The zero-order valence-corrected chi connectivity index (χ0v) is 65.8. The number of piperidine rings is 4. The summed E-state index contributed by atoms with van der Waals surface area (Å²) in [4.78, 5) is 77.1.